The summed E-state index contributed by atoms with van der Waals surface area (Å²) in [4.78, 5) is 38.3. The van der Waals surface area contributed by atoms with Crippen LogP contribution in [0.15, 0.2) is 18.3 Å². The minimum absolute atomic E-state index is 0.293. The second-order valence-electron chi connectivity index (χ2n) is 5.43. The van der Waals surface area contributed by atoms with Crippen molar-refractivity contribution in [3.63, 3.8) is 0 Å². The Morgan fingerprint density at radius 1 is 1.04 bits per heavy atom. The van der Waals surface area contributed by atoms with Crippen LogP contribution in [0.2, 0.25) is 5.15 Å². The first kappa shape index (κ1) is 20.3. The highest BCUT2D eigenvalue weighted by molar-refractivity contribution is 7.99. The van der Waals surface area contributed by atoms with Crippen molar-refractivity contribution in [2.45, 2.75) is 44.5 Å². The lowest BCUT2D eigenvalue weighted by molar-refractivity contribution is -0.186. The summed E-state index contributed by atoms with van der Waals surface area (Å²) < 4.78 is 21.6. The fourth-order valence-electron chi connectivity index (χ4n) is 2.38. The second-order valence-corrected chi connectivity index (χ2v) is 6.95. The predicted octanol–water partition coefficient (Wildman–Crippen LogP) is 1.98. The van der Waals surface area contributed by atoms with Crippen LogP contribution in [-0.4, -0.2) is 52.4 Å². The number of esters is 3. The molecule has 1 fully saturated rings. The molecule has 1 aromatic rings. The van der Waals surface area contributed by atoms with Gasteiger partial charge in [-0.3, -0.25) is 14.4 Å². The fraction of sp³-hybridized carbons (Fsp3) is 0.500. The summed E-state index contributed by atoms with van der Waals surface area (Å²) in [5.41, 5.74) is -0.696. The molecule has 1 aromatic heterocycles. The van der Waals surface area contributed by atoms with Gasteiger partial charge in [0.1, 0.15) is 10.9 Å². The number of ether oxygens (including phenoxy) is 4. The summed E-state index contributed by atoms with van der Waals surface area (Å²) in [5.74, 6) is -1.02. The van der Waals surface area contributed by atoms with Crippen LogP contribution < -0.4 is 4.74 Å². The zero-order valence-corrected chi connectivity index (χ0v) is 15.9. The van der Waals surface area contributed by atoms with Crippen molar-refractivity contribution in [1.29, 1.82) is 0 Å². The molecular weight excluding hydrogens is 386 g/mol. The first-order valence-electron chi connectivity index (χ1n) is 7.67. The van der Waals surface area contributed by atoms with E-state index in [4.69, 9.17) is 30.5 Å². The molecule has 26 heavy (non-hydrogen) atoms. The van der Waals surface area contributed by atoms with Gasteiger partial charge in [0.15, 0.2) is 23.7 Å². The molecule has 0 saturated carbocycles. The Morgan fingerprint density at radius 2 is 1.65 bits per heavy atom. The molecule has 0 radical (unpaired) electrons. The van der Waals surface area contributed by atoms with E-state index in [1.165, 1.54) is 38.7 Å². The highest BCUT2D eigenvalue weighted by Gasteiger charge is 2.47. The van der Waals surface area contributed by atoms with E-state index in [-0.39, 0.29) is 0 Å². The van der Waals surface area contributed by atoms with Crippen LogP contribution in [0.4, 0.5) is 0 Å². The molecule has 0 bridgehead atoms. The average Bonchev–Trinajstić information content (AvgIpc) is 2.53. The molecule has 0 unspecified atom stereocenters. The van der Waals surface area contributed by atoms with E-state index in [0.29, 0.717) is 16.7 Å². The van der Waals surface area contributed by atoms with Gasteiger partial charge in [-0.1, -0.05) is 11.6 Å². The van der Waals surface area contributed by atoms with Crippen LogP contribution in [0.25, 0.3) is 0 Å². The van der Waals surface area contributed by atoms with Gasteiger partial charge in [0.2, 0.25) is 0 Å². The van der Waals surface area contributed by atoms with Gasteiger partial charge in [0, 0.05) is 26.5 Å². The molecule has 0 aliphatic carbocycles. The number of carbonyl (C=O) groups excluding carboxylic acids is 3. The normalized spacial score (nSPS) is 25.1. The SMILES string of the molecule is CC(=O)O[C@@H]1[C@@H](OC(C)=O)[C@@H](Oc2ccc(Cl)nc2)SC[C@H]1OC(C)=O. The average molecular weight is 404 g/mol. The highest BCUT2D eigenvalue weighted by Crippen LogP contribution is 2.34. The molecule has 0 aromatic carbocycles. The molecule has 10 heteroatoms. The summed E-state index contributed by atoms with van der Waals surface area (Å²) >= 11 is 7.02. The third kappa shape index (κ3) is 5.77. The van der Waals surface area contributed by atoms with Crippen molar-refractivity contribution in [2.24, 2.45) is 0 Å². The Balaban J connectivity index is 2.25. The van der Waals surface area contributed by atoms with Crippen LogP contribution in [0, 0.1) is 0 Å². The summed E-state index contributed by atoms with van der Waals surface area (Å²) in [6.45, 7) is 3.69. The lowest BCUT2D eigenvalue weighted by Gasteiger charge is -2.39. The first-order chi connectivity index (χ1) is 12.3. The van der Waals surface area contributed by atoms with Crippen molar-refractivity contribution in [1.82, 2.24) is 4.98 Å². The quantitative estimate of drug-likeness (QED) is 0.415. The smallest absolute Gasteiger partial charge is 0.303 e. The van der Waals surface area contributed by atoms with Crippen LogP contribution >= 0.6 is 23.4 Å². The fourth-order valence-corrected chi connectivity index (χ4v) is 3.70. The van der Waals surface area contributed by atoms with Gasteiger partial charge in [0.05, 0.1) is 6.20 Å². The van der Waals surface area contributed by atoms with Gasteiger partial charge >= 0.3 is 17.9 Å². The van der Waals surface area contributed by atoms with Gasteiger partial charge < -0.3 is 18.9 Å². The minimum atomic E-state index is -0.994. The van der Waals surface area contributed by atoms with Crippen LogP contribution in [0.3, 0.4) is 0 Å². The Bertz CT molecular complexity index is 669. The molecule has 2 rings (SSSR count). The van der Waals surface area contributed by atoms with Crippen molar-refractivity contribution in [3.05, 3.63) is 23.5 Å². The Hall–Kier alpha value is -2.00. The van der Waals surface area contributed by atoms with Crippen LogP contribution in [-0.2, 0) is 28.6 Å². The standard InChI is InChI=1S/C16H18ClNO7S/c1-8(19)22-12-7-26-16(25-11-4-5-13(17)18-6-11)15(24-10(3)21)14(12)23-9(2)20/h4-6,12,14-16H,7H2,1-3H3/t12-,14+,15-,16+/m1/s1. The van der Waals surface area contributed by atoms with E-state index in [9.17, 15) is 14.4 Å². The van der Waals surface area contributed by atoms with E-state index < -0.39 is 41.7 Å². The van der Waals surface area contributed by atoms with E-state index in [1.807, 2.05) is 0 Å². The monoisotopic (exact) mass is 403 g/mol. The molecule has 0 amide bonds. The maximum atomic E-state index is 11.5. The third-order valence-corrected chi connectivity index (χ3v) is 4.69. The Kier molecular flexibility index (Phi) is 7.10. The second kappa shape index (κ2) is 9.09. The molecule has 8 nitrogen and oxygen atoms in total. The van der Waals surface area contributed by atoms with Crippen molar-refractivity contribution < 1.29 is 33.3 Å². The minimum Gasteiger partial charge on any atom is -0.474 e. The maximum absolute atomic E-state index is 11.5. The van der Waals surface area contributed by atoms with Gasteiger partial charge in [0.25, 0.3) is 0 Å². The van der Waals surface area contributed by atoms with Crippen molar-refractivity contribution in [2.75, 3.05) is 5.75 Å². The molecular formula is C16H18ClNO7S. The lowest BCUT2D eigenvalue weighted by Crippen LogP contribution is -2.55. The van der Waals surface area contributed by atoms with E-state index in [0.717, 1.165) is 0 Å². The van der Waals surface area contributed by atoms with Crippen LogP contribution in [0.1, 0.15) is 20.8 Å². The highest BCUT2D eigenvalue weighted by atomic mass is 35.5. The van der Waals surface area contributed by atoms with Gasteiger partial charge in [-0.05, 0) is 12.1 Å². The van der Waals surface area contributed by atoms with E-state index >= 15 is 0 Å². The number of hydrogen-bond acceptors (Lipinski definition) is 9. The molecule has 4 atom stereocenters. The zero-order chi connectivity index (χ0) is 19.3. The molecule has 0 spiro atoms. The van der Waals surface area contributed by atoms with Crippen molar-refractivity contribution >= 4 is 41.3 Å². The number of aromatic nitrogens is 1. The molecule has 0 N–H and O–H groups in total. The van der Waals surface area contributed by atoms with Gasteiger partial charge in [-0.25, -0.2) is 4.98 Å². The van der Waals surface area contributed by atoms with E-state index in [1.54, 1.807) is 12.1 Å². The summed E-state index contributed by atoms with van der Waals surface area (Å²) in [6, 6.07) is 3.16. The summed E-state index contributed by atoms with van der Waals surface area (Å²) in [5, 5.41) is 0.304. The van der Waals surface area contributed by atoms with Crippen LogP contribution in [0.5, 0.6) is 5.75 Å². The Labute approximate surface area is 159 Å². The number of halogens is 1. The molecule has 2 heterocycles. The molecule has 1 saturated heterocycles. The predicted molar refractivity (Wildman–Crippen MR) is 92.8 cm³/mol. The van der Waals surface area contributed by atoms with Gasteiger partial charge in [-0.15, -0.1) is 11.8 Å². The first-order valence-corrected chi connectivity index (χ1v) is 9.10. The summed E-state index contributed by atoms with van der Waals surface area (Å²) in [7, 11) is 0. The topological polar surface area (TPSA) is 101 Å². The number of carbonyl (C=O) groups is 3. The zero-order valence-electron chi connectivity index (χ0n) is 14.3. The lowest BCUT2D eigenvalue weighted by atomic mass is 10.1. The molecule has 1 aliphatic heterocycles. The number of nitrogens with zero attached hydrogens (tertiary/aromatic N) is 1. The maximum Gasteiger partial charge on any atom is 0.303 e. The van der Waals surface area contributed by atoms with Crippen molar-refractivity contribution in [3.8, 4) is 5.75 Å². The number of rotatable bonds is 5. The number of pyridine rings is 1. The summed E-state index contributed by atoms with van der Waals surface area (Å²) in [6.07, 6.45) is -1.32. The largest absolute Gasteiger partial charge is 0.474 e. The van der Waals surface area contributed by atoms with Gasteiger partial charge in [-0.2, -0.15) is 0 Å². The molecule has 1 aliphatic rings. The van der Waals surface area contributed by atoms with E-state index in [2.05, 4.69) is 4.98 Å². The Morgan fingerprint density at radius 3 is 2.19 bits per heavy atom. The number of thioether (sulfide) groups is 1. The third-order valence-electron chi connectivity index (χ3n) is 3.26. The number of hydrogen-bond donors (Lipinski definition) is 0. The molecule has 142 valence electrons.